The van der Waals surface area contributed by atoms with Crippen molar-refractivity contribution in [3.05, 3.63) is 34.4 Å². The van der Waals surface area contributed by atoms with Crippen LogP contribution in [0.4, 0.5) is 0 Å². The number of carbonyl (C=O) groups excluding carboxylic acids is 1. The summed E-state index contributed by atoms with van der Waals surface area (Å²) in [6.07, 6.45) is 8.39. The number of carboxylic acids is 3. The smallest absolute Gasteiger partial charge is 0.339 e. The van der Waals surface area contributed by atoms with Crippen molar-refractivity contribution < 1.29 is 39.2 Å². The van der Waals surface area contributed by atoms with Gasteiger partial charge in [-0.2, -0.15) is 0 Å². The fourth-order valence-electron chi connectivity index (χ4n) is 2.87. The summed E-state index contributed by atoms with van der Waals surface area (Å²) in [7, 11) is 0. The van der Waals surface area contributed by atoms with E-state index in [9.17, 15) is 29.4 Å². The molecule has 1 aromatic carbocycles. The molecule has 0 unspecified atom stereocenters. The molecular weight excluding hydrogens is 368 g/mol. The van der Waals surface area contributed by atoms with Crippen LogP contribution in [0.1, 0.15) is 99.7 Å². The Morgan fingerprint density at radius 2 is 1.18 bits per heavy atom. The van der Waals surface area contributed by atoms with Crippen molar-refractivity contribution in [1.82, 2.24) is 0 Å². The number of aromatic carboxylic acids is 3. The van der Waals surface area contributed by atoms with E-state index in [0.29, 0.717) is 6.42 Å². The van der Waals surface area contributed by atoms with Crippen molar-refractivity contribution in [2.75, 3.05) is 6.61 Å². The van der Waals surface area contributed by atoms with Gasteiger partial charge in [0.05, 0.1) is 28.9 Å². The summed E-state index contributed by atoms with van der Waals surface area (Å²) in [6.45, 7) is 2.23. The van der Waals surface area contributed by atoms with Gasteiger partial charge in [0.2, 0.25) is 0 Å². The van der Waals surface area contributed by atoms with E-state index in [1.54, 1.807) is 0 Å². The summed E-state index contributed by atoms with van der Waals surface area (Å²) < 4.78 is 5.06. The molecule has 0 aliphatic carbocycles. The highest BCUT2D eigenvalue weighted by Crippen LogP contribution is 2.21. The molecule has 154 valence electrons. The van der Waals surface area contributed by atoms with Crippen molar-refractivity contribution in [2.24, 2.45) is 0 Å². The Labute approximate surface area is 163 Å². The Hall–Kier alpha value is -2.90. The molecule has 0 fully saturated rings. The molecule has 0 bridgehead atoms. The van der Waals surface area contributed by atoms with E-state index in [0.717, 1.165) is 31.4 Å². The van der Waals surface area contributed by atoms with Gasteiger partial charge in [0, 0.05) is 0 Å². The minimum Gasteiger partial charge on any atom is -0.478 e. The first-order chi connectivity index (χ1) is 13.3. The second kappa shape index (κ2) is 11.7. The van der Waals surface area contributed by atoms with Crippen LogP contribution in [0, 0.1) is 0 Å². The third-order valence-electron chi connectivity index (χ3n) is 4.31. The third-order valence-corrected chi connectivity index (χ3v) is 4.31. The Morgan fingerprint density at radius 1 is 0.714 bits per heavy atom. The summed E-state index contributed by atoms with van der Waals surface area (Å²) in [6, 6.07) is 1.86. The zero-order chi connectivity index (χ0) is 21.1. The standard InChI is InChI=1S/C20H26O8/c1-2-3-4-5-6-7-8-9-12-28-20(27)14-11-10-13(17(21)22)15(18(23)24)16(14)19(25)26/h10-11H,2-9,12H2,1H3,(H,21,22)(H,23,24)(H,25,26). The van der Waals surface area contributed by atoms with Gasteiger partial charge < -0.3 is 20.1 Å². The van der Waals surface area contributed by atoms with E-state index in [2.05, 4.69) is 6.92 Å². The van der Waals surface area contributed by atoms with Crippen LogP contribution in [-0.4, -0.2) is 45.8 Å². The second-order valence-electron chi connectivity index (χ2n) is 6.44. The molecule has 0 amide bonds. The molecule has 3 N–H and O–H groups in total. The predicted molar refractivity (Wildman–Crippen MR) is 100 cm³/mol. The van der Waals surface area contributed by atoms with Crippen LogP contribution in [0.15, 0.2) is 12.1 Å². The maximum Gasteiger partial charge on any atom is 0.339 e. The lowest BCUT2D eigenvalue weighted by Gasteiger charge is -2.11. The number of esters is 1. The predicted octanol–water partition coefficient (Wildman–Crippen LogP) is 4.08. The van der Waals surface area contributed by atoms with Gasteiger partial charge in [0.1, 0.15) is 0 Å². The normalized spacial score (nSPS) is 10.5. The fourth-order valence-corrected chi connectivity index (χ4v) is 2.87. The van der Waals surface area contributed by atoms with Gasteiger partial charge >= 0.3 is 23.9 Å². The number of hydrogen-bond acceptors (Lipinski definition) is 5. The van der Waals surface area contributed by atoms with Gasteiger partial charge in [0.15, 0.2) is 0 Å². The Morgan fingerprint density at radius 3 is 1.68 bits per heavy atom. The quantitative estimate of drug-likeness (QED) is 0.336. The lowest BCUT2D eigenvalue weighted by molar-refractivity contribution is 0.0485. The van der Waals surface area contributed by atoms with Gasteiger partial charge in [-0.1, -0.05) is 51.9 Å². The summed E-state index contributed by atoms with van der Waals surface area (Å²) in [5.74, 6) is -6.04. The molecule has 0 aliphatic rings. The number of benzene rings is 1. The van der Waals surface area contributed by atoms with Crippen LogP contribution >= 0.6 is 0 Å². The van der Waals surface area contributed by atoms with Crippen LogP contribution in [0.3, 0.4) is 0 Å². The number of carboxylic acid groups (broad SMARTS) is 3. The van der Waals surface area contributed by atoms with Crippen molar-refractivity contribution in [2.45, 2.75) is 58.3 Å². The van der Waals surface area contributed by atoms with Crippen molar-refractivity contribution in [3.8, 4) is 0 Å². The summed E-state index contributed by atoms with van der Waals surface area (Å²) >= 11 is 0. The van der Waals surface area contributed by atoms with E-state index in [-0.39, 0.29) is 6.61 Å². The first-order valence-corrected chi connectivity index (χ1v) is 9.35. The number of rotatable bonds is 13. The molecule has 1 rings (SSSR count). The van der Waals surface area contributed by atoms with E-state index in [1.807, 2.05) is 0 Å². The molecule has 8 heteroatoms. The lowest BCUT2D eigenvalue weighted by Crippen LogP contribution is -2.20. The van der Waals surface area contributed by atoms with Gasteiger partial charge in [-0.15, -0.1) is 0 Å². The third kappa shape index (κ3) is 6.68. The van der Waals surface area contributed by atoms with Crippen molar-refractivity contribution in [1.29, 1.82) is 0 Å². The van der Waals surface area contributed by atoms with E-state index in [4.69, 9.17) is 9.84 Å². The zero-order valence-corrected chi connectivity index (χ0v) is 15.9. The maximum atomic E-state index is 12.2. The fraction of sp³-hybridized carbons (Fsp3) is 0.500. The average Bonchev–Trinajstić information content (AvgIpc) is 2.64. The SMILES string of the molecule is CCCCCCCCCCOC(=O)c1ccc(C(=O)O)c(C(=O)O)c1C(=O)O. The van der Waals surface area contributed by atoms with Gasteiger partial charge in [-0.25, -0.2) is 19.2 Å². The molecule has 0 atom stereocenters. The molecule has 0 saturated carbocycles. The van der Waals surface area contributed by atoms with Gasteiger partial charge in [-0.05, 0) is 18.6 Å². The highest BCUT2D eigenvalue weighted by molar-refractivity contribution is 6.14. The van der Waals surface area contributed by atoms with E-state index in [1.165, 1.54) is 25.7 Å². The highest BCUT2D eigenvalue weighted by atomic mass is 16.5. The van der Waals surface area contributed by atoms with E-state index < -0.39 is 46.1 Å². The van der Waals surface area contributed by atoms with Gasteiger partial charge in [-0.3, -0.25) is 0 Å². The Balaban J connectivity index is 2.73. The first-order valence-electron chi connectivity index (χ1n) is 9.35. The maximum absolute atomic E-state index is 12.2. The topological polar surface area (TPSA) is 138 Å². The highest BCUT2D eigenvalue weighted by Gasteiger charge is 2.30. The van der Waals surface area contributed by atoms with Crippen molar-refractivity contribution >= 4 is 23.9 Å². The second-order valence-corrected chi connectivity index (χ2v) is 6.44. The number of hydrogen-bond donors (Lipinski definition) is 3. The molecule has 0 spiro atoms. The first kappa shape index (κ1) is 23.1. The summed E-state index contributed by atoms with van der Waals surface area (Å²) in [4.78, 5) is 46.2. The molecule has 0 heterocycles. The molecular formula is C20H26O8. The minimum atomic E-state index is -1.74. The zero-order valence-electron chi connectivity index (χ0n) is 15.9. The molecule has 8 nitrogen and oxygen atoms in total. The molecule has 0 saturated heterocycles. The molecule has 1 aromatic rings. The lowest BCUT2D eigenvalue weighted by atomic mass is 9.95. The van der Waals surface area contributed by atoms with Crippen LogP contribution in [0.25, 0.3) is 0 Å². The van der Waals surface area contributed by atoms with Crippen molar-refractivity contribution in [3.63, 3.8) is 0 Å². The molecule has 0 radical (unpaired) electrons. The van der Waals surface area contributed by atoms with Crippen LogP contribution in [-0.2, 0) is 4.74 Å². The minimum absolute atomic E-state index is 0.0793. The van der Waals surface area contributed by atoms with Gasteiger partial charge in [0.25, 0.3) is 0 Å². The molecule has 0 aromatic heterocycles. The Kier molecular flexibility index (Phi) is 9.70. The van der Waals surface area contributed by atoms with Crippen LogP contribution < -0.4 is 0 Å². The average molecular weight is 394 g/mol. The number of carbonyl (C=O) groups is 4. The largest absolute Gasteiger partial charge is 0.478 e. The molecule has 0 aliphatic heterocycles. The number of ether oxygens (including phenoxy) is 1. The van der Waals surface area contributed by atoms with Crippen LogP contribution in [0.2, 0.25) is 0 Å². The monoisotopic (exact) mass is 394 g/mol. The van der Waals surface area contributed by atoms with Crippen LogP contribution in [0.5, 0.6) is 0 Å². The number of unbranched alkanes of at least 4 members (excludes halogenated alkanes) is 7. The summed E-state index contributed by atoms with van der Waals surface area (Å²) in [5, 5.41) is 27.6. The molecule has 28 heavy (non-hydrogen) atoms. The Bertz CT molecular complexity index is 723. The summed E-state index contributed by atoms with van der Waals surface area (Å²) in [5.41, 5.74) is -3.01. The van der Waals surface area contributed by atoms with E-state index >= 15 is 0 Å².